The molecule has 1 unspecified atom stereocenters. The molecule has 0 radical (unpaired) electrons. The third-order valence-electron chi connectivity index (χ3n) is 2.31. The summed E-state index contributed by atoms with van der Waals surface area (Å²) in [6.45, 7) is 0. The lowest BCUT2D eigenvalue weighted by molar-refractivity contribution is -0.521. The summed E-state index contributed by atoms with van der Waals surface area (Å²) in [5.74, 6) is 0. The molecule has 0 aliphatic heterocycles. The van der Waals surface area contributed by atoms with Crippen LogP contribution < -0.4 is 3.97 Å². The van der Waals surface area contributed by atoms with Gasteiger partial charge in [-0.1, -0.05) is 10.0 Å². The summed E-state index contributed by atoms with van der Waals surface area (Å²) in [4.78, 5) is 0. The zero-order valence-electron chi connectivity index (χ0n) is 10.4. The fourth-order valence-electron chi connectivity index (χ4n) is 1.39. The maximum absolute atomic E-state index is 13.3. The van der Waals surface area contributed by atoms with E-state index in [1.165, 1.54) is 12.1 Å². The van der Waals surface area contributed by atoms with E-state index in [1.807, 2.05) is 0 Å². The Balaban J connectivity index is 2.41. The number of alkyl halides is 4. The quantitative estimate of drug-likeness (QED) is 0.441. The van der Waals surface area contributed by atoms with Crippen LogP contribution in [0.1, 0.15) is 25.7 Å². The van der Waals surface area contributed by atoms with Gasteiger partial charge in [0.05, 0.1) is 0 Å². The molecule has 1 rings (SSSR count). The first-order chi connectivity index (χ1) is 9.21. The molecule has 4 nitrogen and oxygen atoms in total. The Morgan fingerprint density at radius 1 is 1.10 bits per heavy atom. The van der Waals surface area contributed by atoms with Gasteiger partial charge in [0.25, 0.3) is 0 Å². The highest BCUT2D eigenvalue weighted by Gasteiger charge is 2.29. The second kappa shape index (κ2) is 6.98. The van der Waals surface area contributed by atoms with Crippen LogP contribution in [-0.4, -0.2) is 21.0 Å². The number of pyridine rings is 1. The zero-order chi connectivity index (χ0) is 15.2. The molecule has 9 heteroatoms. The van der Waals surface area contributed by atoms with Gasteiger partial charge in [0.1, 0.15) is 0 Å². The van der Waals surface area contributed by atoms with Crippen molar-refractivity contribution >= 4 is 10.3 Å². The molecule has 1 atom stereocenters. The fraction of sp³-hybridized carbons (Fsp3) is 0.545. The van der Waals surface area contributed by atoms with E-state index in [1.54, 1.807) is 6.07 Å². The first-order valence-electron chi connectivity index (χ1n) is 5.81. The van der Waals surface area contributed by atoms with Gasteiger partial charge in [-0.3, -0.25) is 0 Å². The Kier molecular flexibility index (Phi) is 5.88. The molecule has 0 saturated heterocycles. The smallest absolute Gasteiger partial charge is 0.215 e. The lowest BCUT2D eigenvalue weighted by Gasteiger charge is -2.08. The van der Waals surface area contributed by atoms with Crippen LogP contribution in [0.3, 0.4) is 0 Å². The van der Waals surface area contributed by atoms with E-state index in [4.69, 9.17) is 0 Å². The maximum Gasteiger partial charge on any atom is 0.516 e. The van der Waals surface area contributed by atoms with Gasteiger partial charge in [0, 0.05) is 25.0 Å². The minimum Gasteiger partial charge on any atom is -0.215 e. The van der Waals surface area contributed by atoms with Crippen molar-refractivity contribution in [1.29, 1.82) is 0 Å². The molecule has 0 spiro atoms. The number of hydrogen-bond donors (Lipinski definition) is 0. The van der Waals surface area contributed by atoms with E-state index in [0.29, 0.717) is 3.97 Å². The highest BCUT2D eigenvalue weighted by atomic mass is 32.2. The Bertz CT molecular complexity index is 504. The SMILES string of the molecule is O=S(=O)(OC(F)CCCCC(F)(F)F)[n+]1ccccc1. The molecule has 1 aromatic heterocycles. The molecule has 0 bridgehead atoms. The molecule has 0 aromatic carbocycles. The number of unbranched alkanes of at least 4 members (excludes halogenated alkanes) is 1. The summed E-state index contributed by atoms with van der Waals surface area (Å²) < 4.78 is 76.9. The monoisotopic (exact) mass is 316 g/mol. The molecule has 0 saturated carbocycles. The first kappa shape index (κ1) is 16.8. The van der Waals surface area contributed by atoms with E-state index >= 15 is 0 Å². The van der Waals surface area contributed by atoms with Gasteiger partial charge >= 0.3 is 16.5 Å². The molecule has 1 heterocycles. The van der Waals surface area contributed by atoms with E-state index in [-0.39, 0.29) is 12.8 Å². The van der Waals surface area contributed by atoms with Crippen LogP contribution in [0.15, 0.2) is 30.6 Å². The van der Waals surface area contributed by atoms with Gasteiger partial charge in [-0.25, -0.2) is 4.39 Å². The van der Waals surface area contributed by atoms with E-state index in [2.05, 4.69) is 4.18 Å². The van der Waals surface area contributed by atoms with Crippen LogP contribution in [0.2, 0.25) is 0 Å². The Morgan fingerprint density at radius 3 is 2.25 bits per heavy atom. The molecular weight excluding hydrogens is 302 g/mol. The van der Waals surface area contributed by atoms with Crippen LogP contribution in [-0.2, 0) is 14.5 Å². The average molecular weight is 316 g/mol. The van der Waals surface area contributed by atoms with Crippen molar-refractivity contribution in [1.82, 2.24) is 0 Å². The van der Waals surface area contributed by atoms with Gasteiger partial charge in [-0.2, -0.15) is 17.4 Å². The zero-order valence-corrected chi connectivity index (χ0v) is 11.2. The predicted octanol–water partition coefficient (Wildman–Crippen LogP) is 2.50. The summed E-state index contributed by atoms with van der Waals surface area (Å²) in [5, 5.41) is 0. The number of hydrogen-bond acceptors (Lipinski definition) is 3. The van der Waals surface area contributed by atoms with Gasteiger partial charge in [-0.05, 0) is 12.8 Å². The summed E-state index contributed by atoms with van der Waals surface area (Å²) in [7, 11) is -4.31. The second-order valence-electron chi connectivity index (χ2n) is 4.03. The molecule has 0 aliphatic rings. The standard InChI is InChI=1S/C11H14F4NO3S/c12-10(6-2-3-7-11(13,14)15)19-20(17,18)16-8-4-1-5-9-16/h1,4-5,8-10H,2-3,6-7H2/q+1. The normalized spacial score (nSPS) is 14.2. The highest BCUT2D eigenvalue weighted by Crippen LogP contribution is 2.23. The first-order valence-corrected chi connectivity index (χ1v) is 7.18. The highest BCUT2D eigenvalue weighted by molar-refractivity contribution is 7.80. The molecule has 0 amide bonds. The van der Waals surface area contributed by atoms with Crippen LogP contribution >= 0.6 is 0 Å². The summed E-state index contributed by atoms with van der Waals surface area (Å²) in [6.07, 6.45) is -5.97. The molecule has 0 N–H and O–H groups in total. The van der Waals surface area contributed by atoms with Crippen LogP contribution in [0.5, 0.6) is 0 Å². The van der Waals surface area contributed by atoms with Crippen molar-refractivity contribution in [3.8, 4) is 0 Å². The largest absolute Gasteiger partial charge is 0.516 e. The van der Waals surface area contributed by atoms with Crippen molar-refractivity contribution < 1.29 is 34.1 Å². The molecular formula is C11H14F4NO3S+. The fourth-order valence-corrected chi connectivity index (χ4v) is 2.29. The van der Waals surface area contributed by atoms with E-state index < -0.39 is 35.7 Å². The Morgan fingerprint density at radius 2 is 1.70 bits per heavy atom. The maximum atomic E-state index is 13.3. The summed E-state index contributed by atoms with van der Waals surface area (Å²) in [6, 6.07) is 4.39. The number of nitrogens with zero attached hydrogens (tertiary/aromatic N) is 1. The van der Waals surface area contributed by atoms with Crippen molar-refractivity contribution in [3.63, 3.8) is 0 Å². The number of aromatic nitrogens is 1. The van der Waals surface area contributed by atoms with Crippen LogP contribution in [0.25, 0.3) is 0 Å². The third kappa shape index (κ3) is 6.29. The predicted molar refractivity (Wildman–Crippen MR) is 61.5 cm³/mol. The van der Waals surface area contributed by atoms with Crippen LogP contribution in [0.4, 0.5) is 17.6 Å². The lowest BCUT2D eigenvalue weighted by Crippen LogP contribution is -2.44. The van der Waals surface area contributed by atoms with E-state index in [0.717, 1.165) is 12.4 Å². The van der Waals surface area contributed by atoms with Crippen molar-refractivity contribution in [2.24, 2.45) is 0 Å². The summed E-state index contributed by atoms with van der Waals surface area (Å²) in [5.41, 5.74) is 0. The summed E-state index contributed by atoms with van der Waals surface area (Å²) >= 11 is 0. The molecule has 114 valence electrons. The molecule has 20 heavy (non-hydrogen) atoms. The van der Waals surface area contributed by atoms with Gasteiger partial charge < -0.3 is 0 Å². The topological polar surface area (TPSA) is 47.3 Å². The average Bonchev–Trinajstić information content (AvgIpc) is 2.34. The Labute approximate surface area is 114 Å². The van der Waals surface area contributed by atoms with Crippen LogP contribution in [0, 0.1) is 0 Å². The molecule has 0 fully saturated rings. The molecule has 0 aliphatic carbocycles. The van der Waals surface area contributed by atoms with Crippen molar-refractivity contribution in [2.45, 2.75) is 38.2 Å². The minimum atomic E-state index is -4.31. The van der Waals surface area contributed by atoms with Gasteiger partial charge in [0.2, 0.25) is 6.36 Å². The van der Waals surface area contributed by atoms with Crippen molar-refractivity contribution in [2.75, 3.05) is 0 Å². The van der Waals surface area contributed by atoms with Crippen molar-refractivity contribution in [3.05, 3.63) is 30.6 Å². The third-order valence-corrected chi connectivity index (χ3v) is 3.53. The van der Waals surface area contributed by atoms with E-state index in [9.17, 15) is 26.0 Å². The Hall–Kier alpha value is -1.22. The second-order valence-corrected chi connectivity index (χ2v) is 5.50. The minimum absolute atomic E-state index is 0.115. The number of rotatable bonds is 7. The van der Waals surface area contributed by atoms with Gasteiger partial charge in [0.15, 0.2) is 12.4 Å². The number of halogens is 4. The molecule has 1 aromatic rings. The lowest BCUT2D eigenvalue weighted by atomic mass is 10.2. The van der Waals surface area contributed by atoms with Gasteiger partial charge in [-0.15, -0.1) is 8.42 Å².